The predicted octanol–water partition coefficient (Wildman–Crippen LogP) is 1.17. The van der Waals surface area contributed by atoms with Crippen LogP contribution in [-0.4, -0.2) is 34.3 Å². The second-order valence-corrected chi connectivity index (χ2v) is 5.16. The van der Waals surface area contributed by atoms with Crippen molar-refractivity contribution in [3.63, 3.8) is 0 Å². The van der Waals surface area contributed by atoms with Crippen LogP contribution in [0, 0.1) is 32.1 Å². The molecular formula is C13H15N3O3S. The molecule has 0 bridgehead atoms. The summed E-state index contributed by atoms with van der Waals surface area (Å²) in [6.45, 7) is 5.17. The number of amides is 1. The number of aryl methyl sites for hydroxylation is 1. The lowest BCUT2D eigenvalue weighted by atomic mass is 10.1. The van der Waals surface area contributed by atoms with Gasteiger partial charge in [0.2, 0.25) is 5.91 Å². The fourth-order valence-electron chi connectivity index (χ4n) is 1.51. The average Bonchev–Trinajstić information content (AvgIpc) is 2.40. The Morgan fingerprint density at radius 3 is 2.55 bits per heavy atom. The number of carbonyl (C=O) groups excluding carboxylic acids is 1. The summed E-state index contributed by atoms with van der Waals surface area (Å²) in [5.41, 5.74) is 3.09. The summed E-state index contributed by atoms with van der Waals surface area (Å²) >= 11 is 1.13. The Morgan fingerprint density at radius 1 is 1.35 bits per heavy atom. The molecule has 0 fully saturated rings. The number of thioether (sulfide) groups is 1. The maximum Gasteiger partial charge on any atom is 0.322 e. The van der Waals surface area contributed by atoms with Crippen LogP contribution >= 0.6 is 11.8 Å². The summed E-state index contributed by atoms with van der Waals surface area (Å²) < 4.78 is 0. The number of hydrogen-bond acceptors (Lipinski definition) is 5. The van der Waals surface area contributed by atoms with Crippen molar-refractivity contribution in [1.29, 1.82) is 5.26 Å². The van der Waals surface area contributed by atoms with E-state index in [1.165, 1.54) is 0 Å². The highest BCUT2D eigenvalue weighted by Crippen LogP contribution is 2.26. The second-order valence-electron chi connectivity index (χ2n) is 4.20. The molecule has 1 heterocycles. The third-order valence-corrected chi connectivity index (χ3v) is 3.83. The Balaban J connectivity index is 2.81. The first kappa shape index (κ1) is 16.0. The quantitative estimate of drug-likeness (QED) is 0.790. The molecule has 1 rings (SSSR count). The monoisotopic (exact) mass is 293 g/mol. The summed E-state index contributed by atoms with van der Waals surface area (Å²) in [6.07, 6.45) is 0. The Bertz CT molecular complexity index is 594. The van der Waals surface area contributed by atoms with Crippen molar-refractivity contribution < 1.29 is 14.7 Å². The topological polar surface area (TPSA) is 103 Å². The van der Waals surface area contributed by atoms with E-state index in [4.69, 9.17) is 5.11 Å². The lowest BCUT2D eigenvalue weighted by Gasteiger charge is -2.10. The number of carbonyl (C=O) groups is 2. The first-order valence-electron chi connectivity index (χ1n) is 5.86. The number of nitriles is 1. The molecule has 0 spiro atoms. The van der Waals surface area contributed by atoms with E-state index in [0.717, 1.165) is 28.6 Å². The van der Waals surface area contributed by atoms with E-state index in [-0.39, 0.29) is 5.75 Å². The molecule has 1 amide bonds. The van der Waals surface area contributed by atoms with E-state index in [0.29, 0.717) is 10.6 Å². The molecule has 7 heteroatoms. The number of hydrogen-bond donors (Lipinski definition) is 2. The molecule has 0 aliphatic heterocycles. The van der Waals surface area contributed by atoms with Gasteiger partial charge in [0.1, 0.15) is 17.6 Å². The first-order chi connectivity index (χ1) is 9.36. The van der Waals surface area contributed by atoms with Gasteiger partial charge < -0.3 is 10.4 Å². The molecule has 0 aliphatic rings. The lowest BCUT2D eigenvalue weighted by Crippen LogP contribution is -2.30. The van der Waals surface area contributed by atoms with Crippen molar-refractivity contribution in [2.75, 3.05) is 12.3 Å². The fourth-order valence-corrected chi connectivity index (χ4v) is 2.42. The van der Waals surface area contributed by atoms with Gasteiger partial charge in [-0.3, -0.25) is 9.59 Å². The minimum absolute atomic E-state index is 0.0247. The van der Waals surface area contributed by atoms with Crippen molar-refractivity contribution >= 4 is 23.6 Å². The van der Waals surface area contributed by atoms with E-state index >= 15 is 0 Å². The standard InChI is InChI=1S/C13H15N3O3S/c1-7-8(2)10(4-14)13(16-9(7)3)20-6-11(17)15-5-12(18)19/h5-6H2,1-3H3,(H,15,17)(H,18,19). The number of nitrogens with one attached hydrogen (secondary N) is 1. The van der Waals surface area contributed by atoms with Gasteiger partial charge in [-0.2, -0.15) is 5.26 Å². The van der Waals surface area contributed by atoms with Gasteiger partial charge >= 0.3 is 5.97 Å². The smallest absolute Gasteiger partial charge is 0.322 e. The van der Waals surface area contributed by atoms with Crippen LogP contribution in [0.15, 0.2) is 5.03 Å². The van der Waals surface area contributed by atoms with E-state index < -0.39 is 18.4 Å². The Labute approximate surface area is 121 Å². The van der Waals surface area contributed by atoms with Crippen molar-refractivity contribution in [3.05, 3.63) is 22.4 Å². The number of nitrogens with zero attached hydrogens (tertiary/aromatic N) is 2. The van der Waals surface area contributed by atoms with Crippen LogP contribution in [0.4, 0.5) is 0 Å². The molecule has 0 radical (unpaired) electrons. The van der Waals surface area contributed by atoms with Gasteiger partial charge in [0.25, 0.3) is 0 Å². The van der Waals surface area contributed by atoms with Crippen LogP contribution in [0.25, 0.3) is 0 Å². The zero-order valence-electron chi connectivity index (χ0n) is 11.5. The van der Waals surface area contributed by atoms with Crippen LogP contribution in [0.1, 0.15) is 22.4 Å². The Hall–Kier alpha value is -2.07. The highest BCUT2D eigenvalue weighted by Gasteiger charge is 2.14. The summed E-state index contributed by atoms with van der Waals surface area (Å²) in [5, 5.41) is 20.4. The Kier molecular flexibility index (Phi) is 5.53. The van der Waals surface area contributed by atoms with Crippen molar-refractivity contribution in [2.45, 2.75) is 25.8 Å². The molecular weight excluding hydrogens is 278 g/mol. The normalized spacial score (nSPS) is 9.90. The largest absolute Gasteiger partial charge is 0.480 e. The van der Waals surface area contributed by atoms with Crippen LogP contribution < -0.4 is 5.32 Å². The molecule has 0 aliphatic carbocycles. The third kappa shape index (κ3) is 3.96. The van der Waals surface area contributed by atoms with Crippen LogP contribution in [0.3, 0.4) is 0 Å². The van der Waals surface area contributed by atoms with Crippen LogP contribution in [0.2, 0.25) is 0 Å². The summed E-state index contributed by atoms with van der Waals surface area (Å²) in [6, 6.07) is 2.10. The molecule has 106 valence electrons. The van der Waals surface area contributed by atoms with Gasteiger partial charge in [0, 0.05) is 5.69 Å². The van der Waals surface area contributed by atoms with Gasteiger partial charge in [-0.1, -0.05) is 11.8 Å². The molecule has 0 unspecified atom stereocenters. The zero-order chi connectivity index (χ0) is 15.3. The SMILES string of the molecule is Cc1nc(SCC(=O)NCC(=O)O)c(C#N)c(C)c1C. The summed E-state index contributed by atoms with van der Waals surface area (Å²) in [5.74, 6) is -1.48. The number of pyridine rings is 1. The number of carboxylic acid groups (broad SMARTS) is 1. The maximum atomic E-state index is 11.5. The van der Waals surface area contributed by atoms with Crippen molar-refractivity contribution in [3.8, 4) is 6.07 Å². The van der Waals surface area contributed by atoms with E-state index in [9.17, 15) is 14.9 Å². The van der Waals surface area contributed by atoms with Gasteiger partial charge in [0.15, 0.2) is 0 Å². The lowest BCUT2D eigenvalue weighted by molar-refractivity contribution is -0.137. The Morgan fingerprint density at radius 2 is 2.00 bits per heavy atom. The third-order valence-electron chi connectivity index (χ3n) is 2.85. The van der Waals surface area contributed by atoms with Crippen molar-refractivity contribution in [1.82, 2.24) is 10.3 Å². The molecule has 0 atom stereocenters. The molecule has 1 aromatic heterocycles. The van der Waals surface area contributed by atoms with E-state index in [1.807, 2.05) is 20.8 Å². The zero-order valence-corrected chi connectivity index (χ0v) is 12.3. The van der Waals surface area contributed by atoms with Crippen LogP contribution in [0.5, 0.6) is 0 Å². The van der Waals surface area contributed by atoms with Gasteiger partial charge in [-0.05, 0) is 31.9 Å². The minimum Gasteiger partial charge on any atom is -0.480 e. The molecule has 1 aromatic rings. The number of carboxylic acids is 1. The van der Waals surface area contributed by atoms with E-state index in [1.54, 1.807) is 0 Å². The summed E-state index contributed by atoms with van der Waals surface area (Å²) in [7, 11) is 0. The first-order valence-corrected chi connectivity index (χ1v) is 6.84. The van der Waals surface area contributed by atoms with Crippen molar-refractivity contribution in [2.24, 2.45) is 0 Å². The minimum atomic E-state index is -1.10. The van der Waals surface area contributed by atoms with E-state index in [2.05, 4.69) is 16.4 Å². The van der Waals surface area contributed by atoms with Crippen LogP contribution in [-0.2, 0) is 9.59 Å². The molecule has 0 aromatic carbocycles. The molecule has 0 saturated heterocycles. The predicted molar refractivity (Wildman–Crippen MR) is 74.5 cm³/mol. The summed E-state index contributed by atoms with van der Waals surface area (Å²) in [4.78, 5) is 26.1. The molecule has 0 saturated carbocycles. The molecule has 2 N–H and O–H groups in total. The molecule has 20 heavy (non-hydrogen) atoms. The van der Waals surface area contributed by atoms with Gasteiger partial charge in [-0.25, -0.2) is 4.98 Å². The number of rotatable bonds is 5. The number of aromatic nitrogens is 1. The maximum absolute atomic E-state index is 11.5. The fraction of sp³-hybridized carbons (Fsp3) is 0.385. The highest BCUT2D eigenvalue weighted by atomic mass is 32.2. The average molecular weight is 293 g/mol. The van der Waals surface area contributed by atoms with Gasteiger partial charge in [0.05, 0.1) is 11.3 Å². The highest BCUT2D eigenvalue weighted by molar-refractivity contribution is 8.00. The van der Waals surface area contributed by atoms with Gasteiger partial charge in [-0.15, -0.1) is 0 Å². The number of aliphatic carboxylic acids is 1. The second kappa shape index (κ2) is 6.91. The molecule has 6 nitrogen and oxygen atoms in total.